The number of carbonyl (C=O) groups excluding carboxylic acids is 1. The van der Waals surface area contributed by atoms with Crippen molar-refractivity contribution in [3.8, 4) is 0 Å². The molecule has 4 nitrogen and oxygen atoms in total. The molecule has 0 unspecified atom stereocenters. The summed E-state index contributed by atoms with van der Waals surface area (Å²) in [7, 11) is 0. The Labute approximate surface area is 128 Å². The second-order valence-corrected chi connectivity index (χ2v) is 5.81. The van der Waals surface area contributed by atoms with Crippen molar-refractivity contribution < 1.29 is 19.1 Å². The van der Waals surface area contributed by atoms with Crippen molar-refractivity contribution in [1.82, 2.24) is 5.32 Å². The first kappa shape index (κ1) is 17.4. The second-order valence-electron chi connectivity index (χ2n) is 5.40. The highest BCUT2D eigenvalue weighted by Gasteiger charge is 2.19. The van der Waals surface area contributed by atoms with E-state index in [4.69, 9.17) is 16.7 Å². The Morgan fingerprint density at radius 2 is 2.05 bits per heavy atom. The average Bonchev–Trinajstić information content (AvgIpc) is 2.34. The molecule has 1 aromatic carbocycles. The highest BCUT2D eigenvalue weighted by Crippen LogP contribution is 2.19. The Morgan fingerprint density at radius 3 is 2.57 bits per heavy atom. The number of carboxylic acids is 1. The Morgan fingerprint density at radius 1 is 1.38 bits per heavy atom. The summed E-state index contributed by atoms with van der Waals surface area (Å²) in [5.74, 6) is -2.13. The van der Waals surface area contributed by atoms with Crippen LogP contribution in [0.15, 0.2) is 18.2 Å². The summed E-state index contributed by atoms with van der Waals surface area (Å²) >= 11 is 5.81. The molecule has 0 aliphatic rings. The van der Waals surface area contributed by atoms with Gasteiger partial charge in [0.2, 0.25) is 0 Å². The van der Waals surface area contributed by atoms with Crippen molar-refractivity contribution in [3.63, 3.8) is 0 Å². The van der Waals surface area contributed by atoms with E-state index in [9.17, 15) is 14.0 Å². The van der Waals surface area contributed by atoms with E-state index in [1.165, 1.54) is 12.1 Å². The maximum absolute atomic E-state index is 13.6. The summed E-state index contributed by atoms with van der Waals surface area (Å²) in [6.45, 7) is 4.13. The average molecular weight is 316 g/mol. The topological polar surface area (TPSA) is 66.4 Å². The number of nitrogens with one attached hydrogen (secondary N) is 1. The van der Waals surface area contributed by atoms with Gasteiger partial charge in [0.15, 0.2) is 0 Å². The van der Waals surface area contributed by atoms with Crippen molar-refractivity contribution in [2.75, 3.05) is 6.54 Å². The number of benzene rings is 1. The van der Waals surface area contributed by atoms with E-state index in [1.54, 1.807) is 0 Å². The number of carboxylic acid groups (broad SMARTS) is 1. The molecule has 21 heavy (non-hydrogen) atoms. The van der Waals surface area contributed by atoms with Gasteiger partial charge < -0.3 is 10.4 Å². The summed E-state index contributed by atoms with van der Waals surface area (Å²) in [4.78, 5) is 22.8. The minimum atomic E-state index is -0.918. The first-order chi connectivity index (χ1) is 9.81. The molecule has 2 N–H and O–H groups in total. The summed E-state index contributed by atoms with van der Waals surface area (Å²) in [6.07, 6.45) is 0.626. The number of carbonyl (C=O) groups is 2. The maximum atomic E-state index is 13.6. The highest BCUT2D eigenvalue weighted by atomic mass is 35.5. The van der Waals surface area contributed by atoms with Gasteiger partial charge in [-0.25, -0.2) is 4.39 Å². The van der Waals surface area contributed by atoms with E-state index < -0.39 is 17.7 Å². The summed E-state index contributed by atoms with van der Waals surface area (Å²) in [5, 5.41) is 11.5. The van der Waals surface area contributed by atoms with Crippen LogP contribution >= 0.6 is 11.6 Å². The van der Waals surface area contributed by atoms with Crippen LogP contribution in [0.3, 0.4) is 0 Å². The van der Waals surface area contributed by atoms with Gasteiger partial charge in [-0.15, -0.1) is 0 Å². The van der Waals surface area contributed by atoms with Crippen molar-refractivity contribution >= 4 is 23.5 Å². The van der Waals surface area contributed by atoms with Gasteiger partial charge in [-0.1, -0.05) is 31.5 Å². The molecule has 0 saturated heterocycles. The SMILES string of the molecule is CC(C)C[C@H](CNC(=O)c1c(F)cccc1Cl)CC(=O)O. The lowest BCUT2D eigenvalue weighted by Gasteiger charge is -2.18. The van der Waals surface area contributed by atoms with Gasteiger partial charge in [0.25, 0.3) is 5.91 Å². The predicted octanol–water partition coefficient (Wildman–Crippen LogP) is 3.35. The number of hydrogen-bond donors (Lipinski definition) is 2. The van der Waals surface area contributed by atoms with Gasteiger partial charge in [0.05, 0.1) is 10.6 Å². The van der Waals surface area contributed by atoms with E-state index in [0.29, 0.717) is 12.3 Å². The van der Waals surface area contributed by atoms with Crippen LogP contribution in [0.25, 0.3) is 0 Å². The molecule has 6 heteroatoms. The zero-order chi connectivity index (χ0) is 16.0. The molecule has 0 aromatic heterocycles. The number of halogens is 2. The zero-order valence-corrected chi connectivity index (χ0v) is 12.8. The van der Waals surface area contributed by atoms with Gasteiger partial charge >= 0.3 is 5.97 Å². The normalized spacial score (nSPS) is 12.2. The minimum Gasteiger partial charge on any atom is -0.481 e. The molecule has 0 heterocycles. The number of aliphatic carboxylic acids is 1. The third kappa shape index (κ3) is 5.71. The molecule has 116 valence electrons. The Bertz CT molecular complexity index is 499. The molecule has 0 saturated carbocycles. The maximum Gasteiger partial charge on any atom is 0.303 e. The van der Waals surface area contributed by atoms with Crippen LogP contribution in [0, 0.1) is 17.7 Å². The molecule has 0 fully saturated rings. The van der Waals surface area contributed by atoms with Crippen molar-refractivity contribution in [3.05, 3.63) is 34.6 Å². The lowest BCUT2D eigenvalue weighted by atomic mass is 9.94. The highest BCUT2D eigenvalue weighted by molar-refractivity contribution is 6.33. The molecule has 0 spiro atoms. The number of amides is 1. The van der Waals surface area contributed by atoms with Gasteiger partial charge in [0.1, 0.15) is 5.82 Å². The van der Waals surface area contributed by atoms with Crippen molar-refractivity contribution in [2.24, 2.45) is 11.8 Å². The third-order valence-corrected chi connectivity index (χ3v) is 3.32. The fourth-order valence-electron chi connectivity index (χ4n) is 2.19. The van der Waals surface area contributed by atoms with Crippen LogP contribution in [-0.4, -0.2) is 23.5 Å². The first-order valence-electron chi connectivity index (χ1n) is 6.75. The van der Waals surface area contributed by atoms with Crippen LogP contribution in [0.4, 0.5) is 4.39 Å². The molecule has 1 amide bonds. The van der Waals surface area contributed by atoms with E-state index in [0.717, 1.165) is 6.07 Å². The third-order valence-electron chi connectivity index (χ3n) is 3.01. The van der Waals surface area contributed by atoms with Crippen LogP contribution in [0.5, 0.6) is 0 Å². The van der Waals surface area contributed by atoms with Crippen LogP contribution < -0.4 is 5.32 Å². The Hall–Kier alpha value is -1.62. The molecule has 1 atom stereocenters. The summed E-state index contributed by atoms with van der Waals surface area (Å²) in [6, 6.07) is 4.01. The lowest BCUT2D eigenvalue weighted by Crippen LogP contribution is -2.31. The molecular weight excluding hydrogens is 297 g/mol. The number of rotatable bonds is 7. The lowest BCUT2D eigenvalue weighted by molar-refractivity contribution is -0.138. The molecular formula is C15H19ClFNO3. The monoisotopic (exact) mass is 315 g/mol. The van der Waals surface area contributed by atoms with E-state index in [1.807, 2.05) is 13.8 Å². The fourth-order valence-corrected chi connectivity index (χ4v) is 2.44. The van der Waals surface area contributed by atoms with Crippen LogP contribution in [0.1, 0.15) is 37.0 Å². The van der Waals surface area contributed by atoms with Gasteiger partial charge in [-0.3, -0.25) is 9.59 Å². The van der Waals surface area contributed by atoms with E-state index in [2.05, 4.69) is 5.32 Å². The predicted molar refractivity (Wildman–Crippen MR) is 78.9 cm³/mol. The zero-order valence-electron chi connectivity index (χ0n) is 12.0. The molecule has 0 aliphatic carbocycles. The van der Waals surface area contributed by atoms with Gasteiger partial charge in [-0.2, -0.15) is 0 Å². The summed E-state index contributed by atoms with van der Waals surface area (Å²) in [5.41, 5.74) is -0.210. The Balaban J connectivity index is 2.70. The molecule has 0 aliphatic heterocycles. The quantitative estimate of drug-likeness (QED) is 0.811. The van der Waals surface area contributed by atoms with E-state index >= 15 is 0 Å². The van der Waals surface area contributed by atoms with Crippen LogP contribution in [-0.2, 0) is 4.79 Å². The Kier molecular flexibility index (Phi) is 6.62. The number of hydrogen-bond acceptors (Lipinski definition) is 2. The van der Waals surface area contributed by atoms with Crippen LogP contribution in [0.2, 0.25) is 5.02 Å². The largest absolute Gasteiger partial charge is 0.481 e. The van der Waals surface area contributed by atoms with Gasteiger partial charge in [0, 0.05) is 13.0 Å². The standard InChI is InChI=1S/C15H19ClFNO3/c1-9(2)6-10(7-13(19)20)8-18-15(21)14-11(16)4-3-5-12(14)17/h3-5,9-10H,6-8H2,1-2H3,(H,18,21)(H,19,20)/t10-/m0/s1. The van der Waals surface area contributed by atoms with E-state index in [-0.39, 0.29) is 29.5 Å². The minimum absolute atomic E-state index is 0.0335. The van der Waals surface area contributed by atoms with Crippen molar-refractivity contribution in [2.45, 2.75) is 26.7 Å². The second kappa shape index (κ2) is 7.98. The molecule has 1 rings (SSSR count). The smallest absolute Gasteiger partial charge is 0.303 e. The molecule has 0 radical (unpaired) electrons. The molecule has 1 aromatic rings. The summed E-state index contributed by atoms with van der Waals surface area (Å²) < 4.78 is 13.6. The van der Waals surface area contributed by atoms with Crippen molar-refractivity contribution in [1.29, 1.82) is 0 Å². The fraction of sp³-hybridized carbons (Fsp3) is 0.467. The first-order valence-corrected chi connectivity index (χ1v) is 7.13. The van der Waals surface area contributed by atoms with Gasteiger partial charge in [-0.05, 0) is 30.4 Å². The molecule has 0 bridgehead atoms.